The Kier molecular flexibility index (Phi) is 105. The van der Waals surface area contributed by atoms with E-state index in [9.17, 15) is 0 Å². The third kappa shape index (κ3) is 33.1. The van der Waals surface area contributed by atoms with Crippen LogP contribution in [0.5, 0.6) is 0 Å². The van der Waals surface area contributed by atoms with Gasteiger partial charge in [-0.3, -0.25) is 8.92 Å². The van der Waals surface area contributed by atoms with Gasteiger partial charge in [0.2, 0.25) is 0 Å². The Balaban J connectivity index is -0.00000000667. The van der Waals surface area contributed by atoms with Crippen LogP contribution in [0.4, 0.5) is 0 Å². The van der Waals surface area contributed by atoms with Crippen LogP contribution in [0.25, 0.3) is 0 Å². The van der Waals surface area contributed by atoms with Crippen LogP contribution in [0, 0.1) is 0 Å². The van der Waals surface area contributed by atoms with Gasteiger partial charge in [-0.05, 0) is 0 Å². The fourth-order valence-corrected chi connectivity index (χ4v) is 0. The molecule has 0 heterocycles. The zero-order valence-corrected chi connectivity index (χ0v) is 9.02. The van der Waals surface area contributed by atoms with Gasteiger partial charge in [0, 0.05) is 0 Å². The zero-order chi connectivity index (χ0) is 2.71. The van der Waals surface area contributed by atoms with Crippen molar-refractivity contribution in [1.82, 2.24) is 0 Å². The fourth-order valence-electron chi connectivity index (χ4n) is 0. The summed E-state index contributed by atoms with van der Waals surface area (Å²) in [7, 11) is -1.42. The van der Waals surface area contributed by atoms with E-state index in [0.717, 1.165) is 0 Å². The molecule has 0 spiro atoms. The van der Waals surface area contributed by atoms with Gasteiger partial charge >= 0.3 is 88.0 Å². The Morgan fingerprint density at radius 3 is 1.17 bits per heavy atom. The molecular weight excluding hydrogens is 322 g/mol. The molecule has 0 unspecified atom stereocenters. The molecule has 0 saturated carbocycles. The molecule has 0 amide bonds. The number of hydrogen-bond acceptors (Lipinski definition) is 2. The first-order valence-electron chi connectivity index (χ1n) is 0.408. The van der Waals surface area contributed by atoms with Gasteiger partial charge in [-0.15, -0.1) is 0 Å². The SMILES string of the molecule is O.O=[Si]=O.[KH].[PbH2]. The van der Waals surface area contributed by atoms with Crippen LogP contribution in [-0.2, 0) is 8.92 Å². The molecular formula is H5KO3PbSi. The third-order valence-electron chi connectivity index (χ3n) is 0. The van der Waals surface area contributed by atoms with Gasteiger partial charge in [-0.25, -0.2) is 0 Å². The summed E-state index contributed by atoms with van der Waals surface area (Å²) in [5.74, 6) is 0. The summed E-state index contributed by atoms with van der Waals surface area (Å²) in [6.07, 6.45) is 0. The predicted octanol–water partition coefficient (Wildman–Crippen LogP) is -3.01. The second kappa shape index (κ2) is 26.5. The van der Waals surface area contributed by atoms with E-state index in [1.54, 1.807) is 0 Å². The summed E-state index contributed by atoms with van der Waals surface area (Å²) < 4.78 is 16.8. The molecule has 0 aliphatic rings. The van der Waals surface area contributed by atoms with Gasteiger partial charge in [0.05, 0.1) is 0 Å². The standard InChI is InChI=1S/K.O2Si.H2O.Pb.3H/c;1-3-2;;;;;/h;;1H2;;;;. The normalized spacial score (nSPS) is 1.33. The quantitative estimate of drug-likeness (QED) is 0.445. The Morgan fingerprint density at radius 2 is 1.17 bits per heavy atom. The molecule has 0 atom stereocenters. The second-order valence-electron chi connectivity index (χ2n) is 0.0833. The van der Waals surface area contributed by atoms with Crippen molar-refractivity contribution in [2.45, 2.75) is 0 Å². The van der Waals surface area contributed by atoms with E-state index in [1.807, 2.05) is 0 Å². The van der Waals surface area contributed by atoms with E-state index >= 15 is 0 Å². The summed E-state index contributed by atoms with van der Waals surface area (Å²) in [5.41, 5.74) is 0. The maximum atomic E-state index is 8.40. The van der Waals surface area contributed by atoms with Gasteiger partial charge in [0.1, 0.15) is 0 Å². The van der Waals surface area contributed by atoms with E-state index < -0.39 is 9.29 Å². The molecule has 0 saturated heterocycles. The average molecular weight is 327 g/mol. The molecule has 0 aliphatic heterocycles. The molecule has 2 radical (unpaired) electrons. The summed E-state index contributed by atoms with van der Waals surface area (Å²) >= 11 is 0. The van der Waals surface area contributed by atoms with Crippen molar-refractivity contribution in [3.05, 3.63) is 0 Å². The average Bonchev–Trinajstić information content (AvgIpc) is 0.918. The van der Waals surface area contributed by atoms with Crippen LogP contribution in [0.3, 0.4) is 0 Å². The van der Waals surface area contributed by atoms with E-state index in [-0.39, 0.29) is 84.2 Å². The van der Waals surface area contributed by atoms with E-state index in [1.165, 1.54) is 0 Å². The molecule has 0 rings (SSSR count). The van der Waals surface area contributed by atoms with Crippen LogP contribution in [0.2, 0.25) is 0 Å². The molecule has 0 aromatic heterocycles. The van der Waals surface area contributed by atoms with Crippen molar-refractivity contribution in [3.8, 4) is 0 Å². The molecule has 0 aromatic carbocycles. The molecule has 0 bridgehead atoms. The van der Waals surface area contributed by atoms with E-state index in [2.05, 4.69) is 0 Å². The van der Waals surface area contributed by atoms with Crippen molar-refractivity contribution in [1.29, 1.82) is 0 Å². The van der Waals surface area contributed by atoms with Gasteiger partial charge in [-0.1, -0.05) is 0 Å². The van der Waals surface area contributed by atoms with Crippen molar-refractivity contribution in [3.63, 3.8) is 0 Å². The van der Waals surface area contributed by atoms with Gasteiger partial charge in [-0.2, -0.15) is 0 Å². The van der Waals surface area contributed by atoms with Crippen molar-refractivity contribution in [2.24, 2.45) is 0 Å². The van der Waals surface area contributed by atoms with Gasteiger partial charge in [0.15, 0.2) is 0 Å². The third-order valence-corrected chi connectivity index (χ3v) is 0. The molecule has 3 nitrogen and oxygen atoms in total. The monoisotopic (exact) mass is 328 g/mol. The summed E-state index contributed by atoms with van der Waals surface area (Å²) in [6, 6.07) is 0. The van der Waals surface area contributed by atoms with Gasteiger partial charge in [0.25, 0.3) is 0 Å². The number of hydrogen-bond donors (Lipinski definition) is 0. The zero-order valence-electron chi connectivity index (χ0n) is 2.52. The first kappa shape index (κ1) is 23.9. The van der Waals surface area contributed by atoms with Crippen LogP contribution in [0.1, 0.15) is 0 Å². The Bertz CT molecular complexity index is 31.8. The van der Waals surface area contributed by atoms with Crippen molar-refractivity contribution < 1.29 is 14.4 Å². The first-order chi connectivity index (χ1) is 1.41. The molecule has 2 N–H and O–H groups in total. The van der Waals surface area contributed by atoms with E-state index in [4.69, 9.17) is 8.92 Å². The molecule has 0 aromatic rings. The molecule has 0 aliphatic carbocycles. The van der Waals surface area contributed by atoms with Crippen LogP contribution < -0.4 is 0 Å². The maximum absolute atomic E-state index is 8.40. The number of rotatable bonds is 0. The van der Waals surface area contributed by atoms with Crippen LogP contribution in [0.15, 0.2) is 0 Å². The molecule has 6 heavy (non-hydrogen) atoms. The Labute approximate surface area is 100 Å². The molecule has 6 heteroatoms. The van der Waals surface area contributed by atoms with Crippen LogP contribution in [-0.4, -0.2) is 93.5 Å². The molecule has 0 fully saturated rings. The fraction of sp³-hybridized carbons (Fsp3) is 0. The van der Waals surface area contributed by atoms with Crippen molar-refractivity contribution >= 4 is 88.0 Å². The summed E-state index contributed by atoms with van der Waals surface area (Å²) in [5, 5.41) is 0. The predicted molar refractivity (Wildman–Crippen MR) is 26.4 cm³/mol. The van der Waals surface area contributed by atoms with Crippen molar-refractivity contribution in [2.75, 3.05) is 0 Å². The van der Waals surface area contributed by atoms with Gasteiger partial charge < -0.3 is 5.48 Å². The first-order valence-corrected chi connectivity index (χ1v) is 1.22. The second-order valence-corrected chi connectivity index (χ2v) is 0.250. The Hall–Kier alpha value is 2.34. The van der Waals surface area contributed by atoms with Crippen LogP contribution >= 0.6 is 0 Å². The summed E-state index contributed by atoms with van der Waals surface area (Å²) in [6.45, 7) is 0. The minimum atomic E-state index is -1.42. The van der Waals surface area contributed by atoms with E-state index in [0.29, 0.717) is 0 Å². The topological polar surface area (TPSA) is 65.6 Å². The minimum absolute atomic E-state index is 0. The Morgan fingerprint density at radius 1 is 1.17 bits per heavy atom. The summed E-state index contributed by atoms with van der Waals surface area (Å²) in [4.78, 5) is 0. The molecule has 32 valence electrons.